The van der Waals surface area contributed by atoms with Gasteiger partial charge in [-0.15, -0.1) is 0 Å². The number of ether oxygens (including phenoxy) is 1. The predicted octanol–water partition coefficient (Wildman–Crippen LogP) is 8.00. The molecule has 0 radical (unpaired) electrons. The van der Waals surface area contributed by atoms with E-state index in [2.05, 4.69) is 34.6 Å². The van der Waals surface area contributed by atoms with Crippen LogP contribution in [-0.2, 0) is 14.3 Å². The van der Waals surface area contributed by atoms with Gasteiger partial charge in [0.15, 0.2) is 0 Å². The molecule has 3 nitrogen and oxygen atoms in total. The molecule has 5 aliphatic rings. The highest BCUT2D eigenvalue weighted by molar-refractivity contribution is 5.80. The second-order valence-corrected chi connectivity index (χ2v) is 15.2. The second-order valence-electron chi connectivity index (χ2n) is 15.2. The van der Waals surface area contributed by atoms with Crippen LogP contribution in [-0.4, -0.2) is 17.9 Å². The van der Waals surface area contributed by atoms with Gasteiger partial charge in [-0.05, 0) is 110 Å². The van der Waals surface area contributed by atoms with Crippen molar-refractivity contribution in [2.45, 2.75) is 132 Å². The lowest BCUT2D eigenvalue weighted by molar-refractivity contribution is -0.181. The number of carbonyl (C=O) groups excluding carboxylic acids is 2. The van der Waals surface area contributed by atoms with Crippen LogP contribution in [0.4, 0.5) is 0 Å². The number of hydrogen-bond acceptors (Lipinski definition) is 3. The van der Waals surface area contributed by atoms with Crippen molar-refractivity contribution in [1.29, 1.82) is 0 Å². The maximum absolute atomic E-state index is 12.4. The molecule has 2 unspecified atom stereocenters. The summed E-state index contributed by atoms with van der Waals surface area (Å²) in [5, 5.41) is 0. The van der Waals surface area contributed by atoms with Crippen LogP contribution in [0.15, 0.2) is 0 Å². The fraction of sp³-hybridized carbons (Fsp3) is 0.938. The molecule has 0 aromatic rings. The van der Waals surface area contributed by atoms with Crippen LogP contribution in [0.3, 0.4) is 0 Å². The van der Waals surface area contributed by atoms with E-state index in [0.29, 0.717) is 39.3 Å². The summed E-state index contributed by atoms with van der Waals surface area (Å²) in [4.78, 5) is 24.2. The summed E-state index contributed by atoms with van der Waals surface area (Å²) in [6.07, 6.45) is 13.8. The van der Waals surface area contributed by atoms with Gasteiger partial charge in [-0.3, -0.25) is 9.59 Å². The van der Waals surface area contributed by atoms with Crippen molar-refractivity contribution >= 4 is 11.8 Å². The smallest absolute Gasteiger partial charge is 0.302 e. The van der Waals surface area contributed by atoms with Crippen molar-refractivity contribution in [1.82, 2.24) is 0 Å². The third kappa shape index (κ3) is 3.34. The Hall–Kier alpha value is -0.860. The molecule has 198 valence electrons. The van der Waals surface area contributed by atoms with Crippen LogP contribution < -0.4 is 0 Å². The second kappa shape index (κ2) is 8.07. The number of rotatable bonds is 6. The highest BCUT2D eigenvalue weighted by Gasteiger charge is 2.82. The molecular weight excluding hydrogens is 432 g/mol. The molecule has 5 saturated carbocycles. The van der Waals surface area contributed by atoms with Gasteiger partial charge in [0.25, 0.3) is 0 Å². The van der Waals surface area contributed by atoms with Crippen LogP contribution in [0.1, 0.15) is 126 Å². The molecule has 5 rings (SSSR count). The number of hydrogen-bond donors (Lipinski definition) is 0. The Morgan fingerprint density at radius 3 is 2.14 bits per heavy atom. The monoisotopic (exact) mass is 484 g/mol. The summed E-state index contributed by atoms with van der Waals surface area (Å²) in [6.45, 7) is 18.3. The predicted molar refractivity (Wildman–Crippen MR) is 141 cm³/mol. The Balaban J connectivity index is 1.37. The number of esters is 1. The molecule has 35 heavy (non-hydrogen) atoms. The van der Waals surface area contributed by atoms with Gasteiger partial charge in [0, 0.05) is 24.7 Å². The van der Waals surface area contributed by atoms with Gasteiger partial charge in [-0.2, -0.15) is 0 Å². The molecule has 0 heterocycles. The molecule has 5 fully saturated rings. The Morgan fingerprint density at radius 1 is 0.829 bits per heavy atom. The minimum absolute atomic E-state index is 0.0791. The largest absolute Gasteiger partial charge is 0.462 e. The zero-order valence-electron chi connectivity index (χ0n) is 24.0. The first-order valence-corrected chi connectivity index (χ1v) is 15.0. The molecule has 0 bridgehead atoms. The standard InChI is InChI=1S/C32H52O3/c1-20(2)24(34)10-9-21(3)23-13-15-30(8)26-12-11-25-28(5,6)27(35-22(4)33)14-16-31(25)19-32(26,31)18-17-29(23,30)7/h20-21,23,25-27H,9-19H2,1-8H3/t21-,23-,25?,26?,27+,29-,30+,31-,32+/m1/s1. The minimum atomic E-state index is -0.111. The van der Waals surface area contributed by atoms with E-state index in [1.165, 1.54) is 51.4 Å². The summed E-state index contributed by atoms with van der Waals surface area (Å²) < 4.78 is 5.89. The molecule has 0 aromatic carbocycles. The number of fused-ring (bicyclic) bond motifs is 2. The Bertz CT molecular complexity index is 889. The Morgan fingerprint density at radius 2 is 1.49 bits per heavy atom. The first kappa shape index (κ1) is 25.8. The van der Waals surface area contributed by atoms with Gasteiger partial charge in [0.1, 0.15) is 11.9 Å². The summed E-state index contributed by atoms with van der Waals surface area (Å²) >= 11 is 0. The van der Waals surface area contributed by atoms with Crippen LogP contribution in [0.25, 0.3) is 0 Å². The molecule has 2 spiro atoms. The van der Waals surface area contributed by atoms with Gasteiger partial charge in [-0.25, -0.2) is 0 Å². The molecule has 0 aromatic heterocycles. The van der Waals surface area contributed by atoms with E-state index in [9.17, 15) is 9.59 Å². The van der Waals surface area contributed by atoms with E-state index in [1.54, 1.807) is 6.92 Å². The summed E-state index contributed by atoms with van der Waals surface area (Å²) in [5.41, 5.74) is 1.94. The zero-order valence-corrected chi connectivity index (χ0v) is 24.0. The lowest BCUT2D eigenvalue weighted by atomic mass is 9.41. The summed E-state index contributed by atoms with van der Waals surface area (Å²) in [7, 11) is 0. The van der Waals surface area contributed by atoms with Crippen molar-refractivity contribution in [2.75, 3.05) is 0 Å². The van der Waals surface area contributed by atoms with E-state index < -0.39 is 0 Å². The molecular formula is C32H52O3. The third-order valence-electron chi connectivity index (χ3n) is 13.6. The summed E-state index contributed by atoms with van der Waals surface area (Å²) in [5.74, 6) is 3.43. The number of Topliss-reactive ketones (excluding diaryl/α,β-unsaturated/α-hetero) is 1. The van der Waals surface area contributed by atoms with Crippen molar-refractivity contribution in [3.8, 4) is 0 Å². The average molecular weight is 485 g/mol. The number of carbonyl (C=O) groups is 2. The molecule has 0 amide bonds. The zero-order chi connectivity index (χ0) is 25.6. The van der Waals surface area contributed by atoms with E-state index >= 15 is 0 Å². The van der Waals surface area contributed by atoms with E-state index in [-0.39, 0.29) is 23.4 Å². The molecule has 5 aliphatic carbocycles. The van der Waals surface area contributed by atoms with E-state index in [0.717, 1.165) is 31.1 Å². The van der Waals surface area contributed by atoms with Crippen LogP contribution in [0, 0.1) is 56.7 Å². The fourth-order valence-corrected chi connectivity index (χ4v) is 11.6. The van der Waals surface area contributed by atoms with Gasteiger partial charge in [-0.1, -0.05) is 48.5 Å². The van der Waals surface area contributed by atoms with Crippen molar-refractivity contribution in [2.24, 2.45) is 56.7 Å². The summed E-state index contributed by atoms with van der Waals surface area (Å²) in [6, 6.07) is 0. The lowest BCUT2D eigenvalue weighted by Gasteiger charge is -2.63. The minimum Gasteiger partial charge on any atom is -0.462 e. The van der Waals surface area contributed by atoms with E-state index in [1.807, 2.05) is 13.8 Å². The van der Waals surface area contributed by atoms with Crippen molar-refractivity contribution in [3.63, 3.8) is 0 Å². The third-order valence-corrected chi connectivity index (χ3v) is 13.6. The lowest BCUT2D eigenvalue weighted by Crippen LogP contribution is -2.58. The van der Waals surface area contributed by atoms with Gasteiger partial charge in [0.2, 0.25) is 0 Å². The molecule has 3 heteroatoms. The highest BCUT2D eigenvalue weighted by atomic mass is 16.5. The van der Waals surface area contributed by atoms with Crippen molar-refractivity contribution in [3.05, 3.63) is 0 Å². The topological polar surface area (TPSA) is 43.4 Å². The van der Waals surface area contributed by atoms with Crippen LogP contribution in [0.5, 0.6) is 0 Å². The number of ketones is 1. The Kier molecular flexibility index (Phi) is 5.94. The maximum Gasteiger partial charge on any atom is 0.302 e. The van der Waals surface area contributed by atoms with Gasteiger partial charge < -0.3 is 4.74 Å². The fourth-order valence-electron chi connectivity index (χ4n) is 11.6. The molecule has 0 aliphatic heterocycles. The van der Waals surface area contributed by atoms with Gasteiger partial charge >= 0.3 is 5.97 Å². The van der Waals surface area contributed by atoms with Crippen molar-refractivity contribution < 1.29 is 14.3 Å². The maximum atomic E-state index is 12.4. The molecule has 9 atom stereocenters. The SMILES string of the molecule is CC(=O)O[C@H]1CC[C@]23C[C@]24CC[C@]2(C)[C@@H]([C@H](C)CCC(=O)C(C)C)CC[C@@]2(C)C4CCC3C1(C)C. The normalized spacial score (nSPS) is 48.3. The Labute approximate surface area is 214 Å². The van der Waals surface area contributed by atoms with Crippen LogP contribution >= 0.6 is 0 Å². The van der Waals surface area contributed by atoms with Crippen LogP contribution in [0.2, 0.25) is 0 Å². The highest BCUT2D eigenvalue weighted by Crippen LogP contribution is 2.89. The molecule has 0 N–H and O–H groups in total. The first-order valence-electron chi connectivity index (χ1n) is 15.0. The average Bonchev–Trinajstić information content (AvgIpc) is 3.36. The van der Waals surface area contributed by atoms with E-state index in [4.69, 9.17) is 4.74 Å². The molecule has 0 saturated heterocycles. The first-order chi connectivity index (χ1) is 16.3. The quantitative estimate of drug-likeness (QED) is 0.359. The van der Waals surface area contributed by atoms with Gasteiger partial charge in [0.05, 0.1) is 0 Å².